The number of nitrogens with one attached hydrogen (secondary N) is 2. The molecule has 2 aromatic carbocycles. The van der Waals surface area contributed by atoms with Gasteiger partial charge in [0.15, 0.2) is 6.61 Å². The summed E-state index contributed by atoms with van der Waals surface area (Å²) in [5, 5.41) is 9.19. The van der Waals surface area contributed by atoms with Crippen LogP contribution < -0.4 is 15.6 Å². The standard InChI is InChI=1S/C21H21N3O3/c1-2-4-15-7-9-18(10-8-15)27-14-21(26)22-17-6-3-5-16(13-17)19-11-12-20(25)24-23-19/h3,5-13H,2,4,14H2,1H3,(H,22,26)(H,24,25). The van der Waals surface area contributed by atoms with Crippen LogP contribution >= 0.6 is 0 Å². The van der Waals surface area contributed by atoms with Crippen LogP contribution in [0.25, 0.3) is 11.3 Å². The molecule has 138 valence electrons. The second kappa shape index (κ2) is 8.80. The van der Waals surface area contributed by atoms with Crippen molar-refractivity contribution in [1.82, 2.24) is 10.2 Å². The summed E-state index contributed by atoms with van der Waals surface area (Å²) in [6.45, 7) is 2.06. The van der Waals surface area contributed by atoms with Crippen molar-refractivity contribution in [3.8, 4) is 17.0 Å². The second-order valence-corrected chi connectivity index (χ2v) is 6.12. The van der Waals surface area contributed by atoms with E-state index in [0.717, 1.165) is 18.4 Å². The lowest BCUT2D eigenvalue weighted by atomic mass is 10.1. The summed E-state index contributed by atoms with van der Waals surface area (Å²) in [5.41, 5.74) is 3.03. The normalized spacial score (nSPS) is 10.4. The van der Waals surface area contributed by atoms with Crippen LogP contribution in [0.1, 0.15) is 18.9 Å². The molecular weight excluding hydrogens is 342 g/mol. The zero-order chi connectivity index (χ0) is 19.1. The van der Waals surface area contributed by atoms with Crippen LogP contribution in [0.15, 0.2) is 65.5 Å². The van der Waals surface area contributed by atoms with Gasteiger partial charge in [-0.05, 0) is 42.3 Å². The predicted molar refractivity (Wildman–Crippen MR) is 105 cm³/mol. The average Bonchev–Trinajstić information content (AvgIpc) is 2.68. The number of amides is 1. The number of hydrogen-bond acceptors (Lipinski definition) is 4. The van der Waals surface area contributed by atoms with Gasteiger partial charge in [0.25, 0.3) is 11.5 Å². The molecule has 0 bridgehead atoms. The molecule has 0 spiro atoms. The summed E-state index contributed by atoms with van der Waals surface area (Å²) in [7, 11) is 0. The van der Waals surface area contributed by atoms with E-state index in [1.807, 2.05) is 36.4 Å². The number of H-pyrrole nitrogens is 1. The first kappa shape index (κ1) is 18.4. The fourth-order valence-electron chi connectivity index (χ4n) is 2.65. The Morgan fingerprint density at radius 1 is 1.11 bits per heavy atom. The number of carbonyl (C=O) groups excluding carboxylic acids is 1. The number of aryl methyl sites for hydroxylation is 1. The molecule has 0 atom stereocenters. The Bertz CT molecular complexity index is 944. The molecule has 27 heavy (non-hydrogen) atoms. The Morgan fingerprint density at radius 3 is 2.63 bits per heavy atom. The van der Waals surface area contributed by atoms with Crippen LogP contribution in [0.3, 0.4) is 0 Å². The highest BCUT2D eigenvalue weighted by Gasteiger charge is 2.06. The Hall–Kier alpha value is -3.41. The average molecular weight is 363 g/mol. The zero-order valence-electron chi connectivity index (χ0n) is 15.1. The first-order valence-corrected chi connectivity index (χ1v) is 8.82. The van der Waals surface area contributed by atoms with E-state index >= 15 is 0 Å². The number of hydrogen-bond donors (Lipinski definition) is 2. The van der Waals surface area contributed by atoms with Crippen molar-refractivity contribution in [3.63, 3.8) is 0 Å². The van der Waals surface area contributed by atoms with Crippen molar-refractivity contribution in [3.05, 3.63) is 76.6 Å². The highest BCUT2D eigenvalue weighted by molar-refractivity contribution is 5.92. The van der Waals surface area contributed by atoms with Crippen molar-refractivity contribution >= 4 is 11.6 Å². The molecule has 6 heteroatoms. The number of ether oxygens (including phenoxy) is 1. The summed E-state index contributed by atoms with van der Waals surface area (Å²) < 4.78 is 5.54. The molecule has 0 unspecified atom stereocenters. The second-order valence-electron chi connectivity index (χ2n) is 6.12. The van der Waals surface area contributed by atoms with E-state index in [4.69, 9.17) is 4.74 Å². The first-order valence-electron chi connectivity index (χ1n) is 8.82. The van der Waals surface area contributed by atoms with Crippen molar-refractivity contribution in [2.45, 2.75) is 19.8 Å². The quantitative estimate of drug-likeness (QED) is 0.674. The Balaban J connectivity index is 1.58. The van der Waals surface area contributed by atoms with Gasteiger partial charge in [0.1, 0.15) is 5.75 Å². The van der Waals surface area contributed by atoms with Gasteiger partial charge >= 0.3 is 0 Å². The van der Waals surface area contributed by atoms with Crippen LogP contribution in [0, 0.1) is 0 Å². The van der Waals surface area contributed by atoms with Crippen LogP contribution in [0.5, 0.6) is 5.75 Å². The Labute approximate surface area is 157 Å². The minimum atomic E-state index is -0.261. The molecule has 3 aromatic rings. The maximum atomic E-state index is 12.1. The molecule has 1 aromatic heterocycles. The number of rotatable bonds is 7. The summed E-state index contributed by atoms with van der Waals surface area (Å²) in [6.07, 6.45) is 2.12. The molecule has 6 nitrogen and oxygen atoms in total. The number of aromatic nitrogens is 2. The number of anilines is 1. The first-order chi connectivity index (χ1) is 13.1. The van der Waals surface area contributed by atoms with Crippen molar-refractivity contribution < 1.29 is 9.53 Å². The molecule has 0 saturated carbocycles. The van der Waals surface area contributed by atoms with Gasteiger partial charge in [0.05, 0.1) is 5.69 Å². The van der Waals surface area contributed by atoms with Gasteiger partial charge in [0, 0.05) is 17.3 Å². The van der Waals surface area contributed by atoms with Crippen LogP contribution in [0.2, 0.25) is 0 Å². The Morgan fingerprint density at radius 2 is 1.93 bits per heavy atom. The van der Waals surface area contributed by atoms with Gasteiger partial charge in [-0.1, -0.05) is 37.6 Å². The zero-order valence-corrected chi connectivity index (χ0v) is 15.1. The molecular formula is C21H21N3O3. The van der Waals surface area contributed by atoms with E-state index in [1.54, 1.807) is 18.2 Å². The fraction of sp³-hybridized carbons (Fsp3) is 0.190. The molecule has 0 radical (unpaired) electrons. The number of benzene rings is 2. The minimum Gasteiger partial charge on any atom is -0.484 e. The van der Waals surface area contributed by atoms with Crippen LogP contribution in [-0.4, -0.2) is 22.7 Å². The highest BCUT2D eigenvalue weighted by Crippen LogP contribution is 2.20. The lowest BCUT2D eigenvalue weighted by molar-refractivity contribution is -0.118. The molecule has 0 aliphatic rings. The summed E-state index contributed by atoms with van der Waals surface area (Å²) in [6, 6.07) is 18.1. The van der Waals surface area contributed by atoms with E-state index in [2.05, 4.69) is 22.4 Å². The van der Waals surface area contributed by atoms with Crippen LogP contribution in [-0.2, 0) is 11.2 Å². The van der Waals surface area contributed by atoms with Crippen molar-refractivity contribution in [2.75, 3.05) is 11.9 Å². The fourth-order valence-corrected chi connectivity index (χ4v) is 2.65. The van der Waals surface area contributed by atoms with Crippen molar-refractivity contribution in [2.24, 2.45) is 0 Å². The van der Waals surface area contributed by atoms with E-state index < -0.39 is 0 Å². The third-order valence-electron chi connectivity index (χ3n) is 3.95. The van der Waals surface area contributed by atoms with Gasteiger partial charge in [-0.25, -0.2) is 5.10 Å². The molecule has 1 heterocycles. The van der Waals surface area contributed by atoms with E-state index in [0.29, 0.717) is 17.1 Å². The smallest absolute Gasteiger partial charge is 0.264 e. The largest absolute Gasteiger partial charge is 0.484 e. The van der Waals surface area contributed by atoms with E-state index in [1.165, 1.54) is 11.6 Å². The van der Waals surface area contributed by atoms with Gasteiger partial charge in [-0.2, -0.15) is 5.10 Å². The molecule has 3 rings (SSSR count). The maximum absolute atomic E-state index is 12.1. The molecule has 0 fully saturated rings. The maximum Gasteiger partial charge on any atom is 0.264 e. The molecule has 0 saturated heterocycles. The third-order valence-corrected chi connectivity index (χ3v) is 3.95. The monoisotopic (exact) mass is 363 g/mol. The molecule has 0 aliphatic carbocycles. The van der Waals surface area contributed by atoms with Gasteiger partial charge in [-0.15, -0.1) is 0 Å². The number of nitrogens with zero attached hydrogens (tertiary/aromatic N) is 1. The number of aromatic amines is 1. The topological polar surface area (TPSA) is 84.1 Å². The summed E-state index contributed by atoms with van der Waals surface area (Å²) in [4.78, 5) is 23.3. The SMILES string of the molecule is CCCc1ccc(OCC(=O)Nc2cccc(-c3ccc(=O)[nH]n3)c2)cc1. The van der Waals surface area contributed by atoms with Crippen LogP contribution in [0.4, 0.5) is 5.69 Å². The lowest BCUT2D eigenvalue weighted by Crippen LogP contribution is -2.20. The van der Waals surface area contributed by atoms with E-state index in [-0.39, 0.29) is 18.1 Å². The predicted octanol–water partition coefficient (Wildman–Crippen LogP) is 3.41. The summed E-state index contributed by atoms with van der Waals surface area (Å²) >= 11 is 0. The van der Waals surface area contributed by atoms with Crippen molar-refractivity contribution in [1.29, 1.82) is 0 Å². The Kier molecular flexibility index (Phi) is 5.99. The third kappa shape index (κ3) is 5.28. The lowest BCUT2D eigenvalue weighted by Gasteiger charge is -2.09. The molecule has 1 amide bonds. The molecule has 2 N–H and O–H groups in total. The van der Waals surface area contributed by atoms with Gasteiger partial charge < -0.3 is 10.1 Å². The van der Waals surface area contributed by atoms with Gasteiger partial charge in [-0.3, -0.25) is 9.59 Å². The molecule has 0 aliphatic heterocycles. The van der Waals surface area contributed by atoms with Gasteiger partial charge in [0.2, 0.25) is 0 Å². The number of carbonyl (C=O) groups is 1. The minimum absolute atomic E-state index is 0.0751. The summed E-state index contributed by atoms with van der Waals surface area (Å²) in [5.74, 6) is 0.412. The van der Waals surface area contributed by atoms with E-state index in [9.17, 15) is 9.59 Å². The highest BCUT2D eigenvalue weighted by atomic mass is 16.5.